The molecule has 1 saturated heterocycles. The van der Waals surface area contributed by atoms with Gasteiger partial charge in [-0.15, -0.1) is 0 Å². The zero-order valence-corrected chi connectivity index (χ0v) is 10.6. The first-order valence-electron chi connectivity index (χ1n) is 6.49. The Morgan fingerprint density at radius 2 is 2.16 bits per heavy atom. The lowest BCUT2D eigenvalue weighted by molar-refractivity contribution is -0.128. The zero-order valence-electron chi connectivity index (χ0n) is 10.6. The molecule has 0 saturated carbocycles. The number of hydrogen-bond donors (Lipinski definition) is 1. The van der Waals surface area contributed by atoms with Crippen molar-refractivity contribution in [1.29, 1.82) is 0 Å². The number of nitrogens with zero attached hydrogens (tertiary/aromatic N) is 2. The van der Waals surface area contributed by atoms with Crippen molar-refractivity contribution in [1.82, 2.24) is 9.88 Å². The molecule has 0 spiro atoms. The number of hydrogen-bond acceptors (Lipinski definition) is 3. The molecular formula is C15H16N2O2. The summed E-state index contributed by atoms with van der Waals surface area (Å²) in [7, 11) is 0. The van der Waals surface area contributed by atoms with Crippen molar-refractivity contribution in [3.63, 3.8) is 0 Å². The predicted octanol–water partition coefficient (Wildman–Crippen LogP) is 1.58. The molecule has 1 aliphatic rings. The summed E-state index contributed by atoms with van der Waals surface area (Å²) in [5.74, 6) is 0.177. The largest absolute Gasteiger partial charge is 0.396 e. The molecule has 1 aliphatic heterocycles. The first-order chi connectivity index (χ1) is 9.28. The first kappa shape index (κ1) is 12.1. The van der Waals surface area contributed by atoms with Crippen molar-refractivity contribution in [2.24, 2.45) is 5.92 Å². The SMILES string of the molecule is O=C1CC(CO)CN1Cc1nccc2ccccc12. The van der Waals surface area contributed by atoms with Crippen LogP contribution in [0.15, 0.2) is 36.5 Å². The maximum Gasteiger partial charge on any atom is 0.223 e. The van der Waals surface area contributed by atoms with E-state index in [0.29, 0.717) is 19.5 Å². The third kappa shape index (κ3) is 2.31. The van der Waals surface area contributed by atoms with E-state index in [9.17, 15) is 4.79 Å². The molecule has 1 fully saturated rings. The second kappa shape index (κ2) is 4.97. The van der Waals surface area contributed by atoms with Gasteiger partial charge in [-0.3, -0.25) is 9.78 Å². The number of aromatic nitrogens is 1. The standard InChI is InChI=1S/C15H16N2O2/c18-10-11-7-15(19)17(8-11)9-14-13-4-2-1-3-12(13)5-6-16-14/h1-6,11,18H,7-10H2. The third-order valence-electron chi connectivity index (χ3n) is 3.65. The highest BCUT2D eigenvalue weighted by Crippen LogP contribution is 2.22. The molecule has 3 rings (SSSR count). The van der Waals surface area contributed by atoms with Crippen molar-refractivity contribution >= 4 is 16.7 Å². The van der Waals surface area contributed by atoms with Crippen LogP contribution < -0.4 is 0 Å². The van der Waals surface area contributed by atoms with Gasteiger partial charge in [0.15, 0.2) is 0 Å². The van der Waals surface area contributed by atoms with Crippen LogP contribution in [0.3, 0.4) is 0 Å². The molecule has 1 amide bonds. The van der Waals surface area contributed by atoms with Crippen LogP contribution in [0.1, 0.15) is 12.1 Å². The number of aliphatic hydroxyl groups excluding tert-OH is 1. The monoisotopic (exact) mass is 256 g/mol. The fraction of sp³-hybridized carbons (Fsp3) is 0.333. The number of carbonyl (C=O) groups is 1. The van der Waals surface area contributed by atoms with Gasteiger partial charge in [-0.1, -0.05) is 24.3 Å². The Hall–Kier alpha value is -1.94. The van der Waals surface area contributed by atoms with Crippen molar-refractivity contribution in [3.8, 4) is 0 Å². The molecule has 0 radical (unpaired) electrons. The smallest absolute Gasteiger partial charge is 0.223 e. The molecule has 1 N–H and O–H groups in total. The number of rotatable bonds is 3. The summed E-state index contributed by atoms with van der Waals surface area (Å²) in [4.78, 5) is 18.1. The summed E-state index contributed by atoms with van der Waals surface area (Å²) >= 11 is 0. The van der Waals surface area contributed by atoms with Gasteiger partial charge in [-0.2, -0.15) is 0 Å². The molecular weight excluding hydrogens is 240 g/mol. The number of carbonyl (C=O) groups excluding carboxylic acids is 1. The number of amides is 1. The number of likely N-dealkylation sites (tertiary alicyclic amines) is 1. The summed E-state index contributed by atoms with van der Waals surface area (Å²) in [5, 5.41) is 11.4. The fourth-order valence-corrected chi connectivity index (χ4v) is 2.62. The average molecular weight is 256 g/mol. The van der Waals surface area contributed by atoms with Gasteiger partial charge < -0.3 is 10.0 Å². The highest BCUT2D eigenvalue weighted by atomic mass is 16.3. The topological polar surface area (TPSA) is 53.4 Å². The lowest BCUT2D eigenvalue weighted by Gasteiger charge is -2.16. The molecule has 2 aromatic rings. The Labute approximate surface area is 111 Å². The van der Waals surface area contributed by atoms with E-state index in [-0.39, 0.29) is 18.4 Å². The molecule has 1 unspecified atom stereocenters. The molecule has 98 valence electrons. The van der Waals surface area contributed by atoms with Crippen molar-refractivity contribution in [3.05, 3.63) is 42.2 Å². The number of fused-ring (bicyclic) bond motifs is 1. The first-order valence-corrected chi connectivity index (χ1v) is 6.49. The zero-order chi connectivity index (χ0) is 13.2. The van der Waals surface area contributed by atoms with Crippen LogP contribution in [0.5, 0.6) is 0 Å². The minimum Gasteiger partial charge on any atom is -0.396 e. The minimum absolute atomic E-state index is 0.0717. The van der Waals surface area contributed by atoms with Crippen LogP contribution in [0.2, 0.25) is 0 Å². The lowest BCUT2D eigenvalue weighted by Crippen LogP contribution is -2.25. The highest BCUT2D eigenvalue weighted by molar-refractivity contribution is 5.85. The summed E-state index contributed by atoms with van der Waals surface area (Å²) in [6, 6.07) is 10.0. The summed E-state index contributed by atoms with van der Waals surface area (Å²) in [6.07, 6.45) is 2.23. The van der Waals surface area contributed by atoms with Crippen LogP contribution in [0, 0.1) is 5.92 Å². The molecule has 1 aromatic heterocycles. The molecule has 4 heteroatoms. The highest BCUT2D eigenvalue weighted by Gasteiger charge is 2.29. The molecule has 0 bridgehead atoms. The van der Waals surface area contributed by atoms with E-state index in [0.717, 1.165) is 16.5 Å². The van der Waals surface area contributed by atoms with Gasteiger partial charge in [-0.25, -0.2) is 0 Å². The Balaban J connectivity index is 1.88. The minimum atomic E-state index is 0.0717. The van der Waals surface area contributed by atoms with Crippen LogP contribution in [0.25, 0.3) is 10.8 Å². The van der Waals surface area contributed by atoms with E-state index in [1.54, 1.807) is 11.1 Å². The fourth-order valence-electron chi connectivity index (χ4n) is 2.62. The van der Waals surface area contributed by atoms with E-state index in [2.05, 4.69) is 4.98 Å². The molecule has 19 heavy (non-hydrogen) atoms. The maximum absolute atomic E-state index is 11.9. The van der Waals surface area contributed by atoms with Gasteiger partial charge in [0.2, 0.25) is 5.91 Å². The quantitative estimate of drug-likeness (QED) is 0.907. The summed E-state index contributed by atoms with van der Waals surface area (Å²) < 4.78 is 0. The Bertz CT molecular complexity index is 607. The molecule has 4 nitrogen and oxygen atoms in total. The van der Waals surface area contributed by atoms with Crippen molar-refractivity contribution in [2.45, 2.75) is 13.0 Å². The van der Waals surface area contributed by atoms with Gasteiger partial charge in [0.1, 0.15) is 0 Å². The van der Waals surface area contributed by atoms with Crippen molar-refractivity contribution in [2.75, 3.05) is 13.2 Å². The van der Waals surface area contributed by atoms with Crippen LogP contribution >= 0.6 is 0 Å². The van der Waals surface area contributed by atoms with Crippen molar-refractivity contribution < 1.29 is 9.90 Å². The summed E-state index contributed by atoms with van der Waals surface area (Å²) in [5.41, 5.74) is 0.921. The Morgan fingerprint density at radius 1 is 1.32 bits per heavy atom. The molecule has 1 atom stereocenters. The molecule has 1 aromatic carbocycles. The molecule has 2 heterocycles. The Kier molecular flexibility index (Phi) is 3.17. The van der Waals surface area contributed by atoms with Crippen LogP contribution in [-0.2, 0) is 11.3 Å². The number of benzene rings is 1. The van der Waals surface area contributed by atoms with E-state index in [1.807, 2.05) is 30.3 Å². The normalized spacial score (nSPS) is 19.3. The second-order valence-electron chi connectivity index (χ2n) is 5.01. The van der Waals surface area contributed by atoms with Gasteiger partial charge in [-0.05, 0) is 11.5 Å². The van der Waals surface area contributed by atoms with E-state index in [4.69, 9.17) is 5.11 Å². The van der Waals surface area contributed by atoms with Gasteiger partial charge in [0.05, 0.1) is 12.2 Å². The van der Waals surface area contributed by atoms with Gasteiger partial charge in [0, 0.05) is 37.1 Å². The van der Waals surface area contributed by atoms with E-state index in [1.165, 1.54) is 0 Å². The lowest BCUT2D eigenvalue weighted by atomic mass is 10.1. The number of aliphatic hydroxyl groups is 1. The number of pyridine rings is 1. The average Bonchev–Trinajstić information content (AvgIpc) is 2.80. The Morgan fingerprint density at radius 3 is 2.95 bits per heavy atom. The predicted molar refractivity (Wildman–Crippen MR) is 72.4 cm³/mol. The van der Waals surface area contributed by atoms with E-state index < -0.39 is 0 Å². The summed E-state index contributed by atoms with van der Waals surface area (Å²) in [6.45, 7) is 1.22. The second-order valence-corrected chi connectivity index (χ2v) is 5.01. The van der Waals surface area contributed by atoms with Gasteiger partial charge >= 0.3 is 0 Å². The maximum atomic E-state index is 11.9. The van der Waals surface area contributed by atoms with Crippen LogP contribution in [-0.4, -0.2) is 34.0 Å². The van der Waals surface area contributed by atoms with Gasteiger partial charge in [0.25, 0.3) is 0 Å². The van der Waals surface area contributed by atoms with E-state index >= 15 is 0 Å². The third-order valence-corrected chi connectivity index (χ3v) is 3.65. The molecule has 0 aliphatic carbocycles. The van der Waals surface area contributed by atoms with Crippen LogP contribution in [0.4, 0.5) is 0 Å².